The van der Waals surface area contributed by atoms with Gasteiger partial charge in [-0.25, -0.2) is 0 Å². The van der Waals surface area contributed by atoms with Gasteiger partial charge >= 0.3 is 11.9 Å². The molecule has 6 unspecified atom stereocenters. The average Bonchev–Trinajstić information content (AvgIpc) is 3.08. The molecule has 0 aromatic rings. The fourth-order valence-electron chi connectivity index (χ4n) is 5.77. The van der Waals surface area contributed by atoms with Gasteiger partial charge < -0.3 is 39.4 Å². The van der Waals surface area contributed by atoms with E-state index in [1.807, 2.05) is 0 Å². The Balaban J connectivity index is 2.33. The van der Waals surface area contributed by atoms with Crippen molar-refractivity contribution in [2.24, 2.45) is 0 Å². The third-order valence-corrected chi connectivity index (χ3v) is 8.90. The Morgan fingerprint density at radius 3 is 1.62 bits per heavy atom. The minimum absolute atomic E-state index is 0.216. The molecule has 0 spiro atoms. The van der Waals surface area contributed by atoms with Gasteiger partial charge in [-0.05, 0) is 38.5 Å². The Morgan fingerprint density at radius 1 is 0.625 bits per heavy atom. The summed E-state index contributed by atoms with van der Waals surface area (Å²) in [6.45, 7) is 3.33. The number of allylic oxidation sites excluding steroid dienone is 2. The van der Waals surface area contributed by atoms with Gasteiger partial charge in [-0.15, -0.1) is 0 Å². The fourth-order valence-corrected chi connectivity index (χ4v) is 5.77. The van der Waals surface area contributed by atoms with Crippen LogP contribution in [0.3, 0.4) is 0 Å². The molecule has 0 radical (unpaired) electrons. The number of esters is 2. The van der Waals surface area contributed by atoms with Crippen LogP contribution in [0.2, 0.25) is 0 Å². The lowest BCUT2D eigenvalue weighted by Gasteiger charge is -2.39. The van der Waals surface area contributed by atoms with Crippen LogP contribution in [0.4, 0.5) is 0 Å². The molecule has 6 atom stereocenters. The number of unbranched alkanes of at least 4 members (excludes halogenated alkanes) is 18. The molecule has 1 fully saturated rings. The standard InChI is InChI=1S/C38H70O10/c1-3-5-7-9-11-12-13-14-15-16-17-18-19-20-21-23-25-27-34(41)47-31(29-45-33(40)26-24-22-10-8-6-4-2)30-46-38-37(44)36(43)35(42)32(28-39)48-38/h14-15,31-32,35-39,42-44H,3-13,16-30H2,1-2H3/b15-14-. The molecule has 1 heterocycles. The molecule has 0 amide bonds. The zero-order valence-corrected chi connectivity index (χ0v) is 30.2. The molecule has 0 aromatic carbocycles. The van der Waals surface area contributed by atoms with Gasteiger partial charge in [0, 0.05) is 12.8 Å². The second-order valence-corrected chi connectivity index (χ2v) is 13.4. The summed E-state index contributed by atoms with van der Waals surface area (Å²) < 4.78 is 21.9. The van der Waals surface area contributed by atoms with Crippen LogP contribution in [0.1, 0.15) is 162 Å². The molecule has 48 heavy (non-hydrogen) atoms. The summed E-state index contributed by atoms with van der Waals surface area (Å²) in [7, 11) is 0. The van der Waals surface area contributed by atoms with E-state index >= 15 is 0 Å². The molecule has 0 aliphatic carbocycles. The van der Waals surface area contributed by atoms with Crippen LogP contribution in [-0.4, -0.2) is 89.0 Å². The molecule has 1 aliphatic heterocycles. The van der Waals surface area contributed by atoms with E-state index in [0.717, 1.165) is 57.8 Å². The Kier molecular flexibility index (Phi) is 28.0. The van der Waals surface area contributed by atoms with Crippen LogP contribution in [0.5, 0.6) is 0 Å². The number of aliphatic hydroxyl groups is 4. The summed E-state index contributed by atoms with van der Waals surface area (Å²) in [4.78, 5) is 25.0. The lowest BCUT2D eigenvalue weighted by molar-refractivity contribution is -0.305. The van der Waals surface area contributed by atoms with Gasteiger partial charge in [0.2, 0.25) is 0 Å². The normalized spacial score (nSPS) is 21.8. The van der Waals surface area contributed by atoms with E-state index in [1.54, 1.807) is 0 Å². The summed E-state index contributed by atoms with van der Waals surface area (Å²) in [6, 6.07) is 0. The van der Waals surface area contributed by atoms with Crippen molar-refractivity contribution < 1.29 is 49.0 Å². The smallest absolute Gasteiger partial charge is 0.306 e. The van der Waals surface area contributed by atoms with E-state index in [4.69, 9.17) is 18.9 Å². The van der Waals surface area contributed by atoms with Crippen molar-refractivity contribution in [3.05, 3.63) is 12.2 Å². The second kappa shape index (κ2) is 30.3. The van der Waals surface area contributed by atoms with Crippen LogP contribution in [-0.2, 0) is 28.5 Å². The maximum atomic E-state index is 12.7. The van der Waals surface area contributed by atoms with Crippen LogP contribution in [0.15, 0.2) is 12.2 Å². The molecule has 10 heteroatoms. The van der Waals surface area contributed by atoms with Gasteiger partial charge in [-0.2, -0.15) is 0 Å². The van der Waals surface area contributed by atoms with Crippen molar-refractivity contribution in [2.45, 2.75) is 198 Å². The van der Waals surface area contributed by atoms with E-state index in [-0.39, 0.29) is 32.0 Å². The molecule has 0 bridgehead atoms. The SMILES string of the molecule is CCCCCCCC/C=C\CCCCCCCCCC(=O)OC(COC(=O)CCCCCCCC)COC1OC(CO)C(O)C(O)C1O. The van der Waals surface area contributed by atoms with Crippen molar-refractivity contribution in [1.29, 1.82) is 0 Å². The van der Waals surface area contributed by atoms with Gasteiger partial charge in [-0.1, -0.05) is 122 Å². The molecule has 1 saturated heterocycles. The minimum atomic E-state index is -1.59. The first-order valence-corrected chi connectivity index (χ1v) is 19.3. The number of ether oxygens (including phenoxy) is 4. The molecule has 282 valence electrons. The molecular formula is C38H70O10. The minimum Gasteiger partial charge on any atom is -0.462 e. The Morgan fingerprint density at radius 2 is 1.10 bits per heavy atom. The van der Waals surface area contributed by atoms with Gasteiger partial charge in [0.05, 0.1) is 13.2 Å². The van der Waals surface area contributed by atoms with Crippen molar-refractivity contribution >= 4 is 11.9 Å². The topological polar surface area (TPSA) is 152 Å². The molecule has 10 nitrogen and oxygen atoms in total. The average molecular weight is 687 g/mol. The number of carbonyl (C=O) groups is 2. The van der Waals surface area contributed by atoms with Crippen LogP contribution in [0, 0.1) is 0 Å². The van der Waals surface area contributed by atoms with E-state index in [0.29, 0.717) is 6.42 Å². The summed E-state index contributed by atoms with van der Waals surface area (Å²) in [5, 5.41) is 39.8. The van der Waals surface area contributed by atoms with E-state index in [2.05, 4.69) is 26.0 Å². The summed E-state index contributed by atoms with van der Waals surface area (Å²) in [5.41, 5.74) is 0. The first kappa shape index (κ1) is 44.5. The fraction of sp³-hybridized carbons (Fsp3) is 0.895. The lowest BCUT2D eigenvalue weighted by Crippen LogP contribution is -2.59. The highest BCUT2D eigenvalue weighted by Crippen LogP contribution is 2.22. The van der Waals surface area contributed by atoms with Crippen LogP contribution >= 0.6 is 0 Å². The predicted octanol–water partition coefficient (Wildman–Crippen LogP) is 6.83. The van der Waals surface area contributed by atoms with Crippen molar-refractivity contribution in [3.63, 3.8) is 0 Å². The Labute approximate surface area is 291 Å². The second-order valence-electron chi connectivity index (χ2n) is 13.4. The van der Waals surface area contributed by atoms with Crippen molar-refractivity contribution in [2.75, 3.05) is 19.8 Å². The van der Waals surface area contributed by atoms with Gasteiger partial charge in [0.25, 0.3) is 0 Å². The number of hydrogen-bond donors (Lipinski definition) is 4. The molecule has 1 aliphatic rings. The first-order valence-electron chi connectivity index (χ1n) is 19.3. The number of rotatable bonds is 31. The lowest BCUT2D eigenvalue weighted by atomic mass is 9.99. The van der Waals surface area contributed by atoms with E-state index in [1.165, 1.54) is 70.6 Å². The predicted molar refractivity (Wildman–Crippen MR) is 187 cm³/mol. The Bertz CT molecular complexity index is 804. The van der Waals surface area contributed by atoms with E-state index in [9.17, 15) is 30.0 Å². The third-order valence-electron chi connectivity index (χ3n) is 8.90. The third kappa shape index (κ3) is 22.2. The molecule has 0 saturated carbocycles. The Hall–Kier alpha value is -1.56. The number of hydrogen-bond acceptors (Lipinski definition) is 10. The highest BCUT2D eigenvalue weighted by molar-refractivity contribution is 5.70. The van der Waals surface area contributed by atoms with E-state index < -0.39 is 49.4 Å². The highest BCUT2D eigenvalue weighted by Gasteiger charge is 2.44. The summed E-state index contributed by atoms with van der Waals surface area (Å²) in [5.74, 6) is -0.819. The molecule has 1 rings (SSSR count). The van der Waals surface area contributed by atoms with Crippen molar-refractivity contribution in [1.82, 2.24) is 0 Å². The van der Waals surface area contributed by atoms with Gasteiger partial charge in [0.1, 0.15) is 31.0 Å². The first-order chi connectivity index (χ1) is 23.3. The highest BCUT2D eigenvalue weighted by atomic mass is 16.7. The molecule has 0 aromatic heterocycles. The van der Waals surface area contributed by atoms with Crippen LogP contribution < -0.4 is 0 Å². The number of aliphatic hydroxyl groups excluding tert-OH is 4. The zero-order valence-electron chi connectivity index (χ0n) is 30.2. The largest absolute Gasteiger partial charge is 0.462 e. The maximum absolute atomic E-state index is 12.7. The van der Waals surface area contributed by atoms with Gasteiger partial charge in [-0.3, -0.25) is 9.59 Å². The summed E-state index contributed by atoms with van der Waals surface area (Å²) in [6.07, 6.45) is 21.1. The molecular weight excluding hydrogens is 616 g/mol. The number of carbonyl (C=O) groups excluding carboxylic acids is 2. The van der Waals surface area contributed by atoms with Gasteiger partial charge in [0.15, 0.2) is 12.4 Å². The summed E-state index contributed by atoms with van der Waals surface area (Å²) >= 11 is 0. The quantitative estimate of drug-likeness (QED) is 0.0347. The van der Waals surface area contributed by atoms with Crippen LogP contribution in [0.25, 0.3) is 0 Å². The maximum Gasteiger partial charge on any atom is 0.306 e. The van der Waals surface area contributed by atoms with Crippen molar-refractivity contribution in [3.8, 4) is 0 Å². The molecule has 4 N–H and O–H groups in total. The zero-order chi connectivity index (χ0) is 35.2. The monoisotopic (exact) mass is 686 g/mol.